The Hall–Kier alpha value is -2.66. The fraction of sp³-hybridized carbons (Fsp3) is 0.167. The molecule has 0 fully saturated rings. The third kappa shape index (κ3) is 3.63. The van der Waals surface area contributed by atoms with E-state index in [1.54, 1.807) is 12.1 Å². The molecule has 6 heteroatoms. The van der Waals surface area contributed by atoms with Gasteiger partial charge in [0.05, 0.1) is 6.54 Å². The van der Waals surface area contributed by atoms with Gasteiger partial charge in [0.2, 0.25) is 11.7 Å². The molecule has 0 spiro atoms. The van der Waals surface area contributed by atoms with Crippen LogP contribution >= 0.6 is 11.6 Å². The maximum absolute atomic E-state index is 12.2. The molecule has 24 heavy (non-hydrogen) atoms. The lowest BCUT2D eigenvalue weighted by atomic mass is 10.1. The van der Waals surface area contributed by atoms with E-state index in [-0.39, 0.29) is 12.5 Å². The van der Waals surface area contributed by atoms with Crippen molar-refractivity contribution in [3.05, 3.63) is 70.1 Å². The molecule has 0 aliphatic rings. The maximum atomic E-state index is 12.2. The molecule has 3 aromatic rings. The van der Waals surface area contributed by atoms with Gasteiger partial charge in [-0.25, -0.2) is 0 Å². The first kappa shape index (κ1) is 16.2. The van der Waals surface area contributed by atoms with Crippen molar-refractivity contribution < 1.29 is 9.32 Å². The van der Waals surface area contributed by atoms with Crippen LogP contribution in [0.4, 0.5) is 0 Å². The molecule has 5 nitrogen and oxygen atoms in total. The fourth-order valence-electron chi connectivity index (χ4n) is 2.36. The molecule has 0 atom stereocenters. The maximum Gasteiger partial charge on any atom is 0.251 e. The lowest BCUT2D eigenvalue weighted by Gasteiger charge is -2.06. The van der Waals surface area contributed by atoms with E-state index in [0.29, 0.717) is 22.3 Å². The smallest absolute Gasteiger partial charge is 0.251 e. The largest absolute Gasteiger partial charge is 0.343 e. The van der Waals surface area contributed by atoms with E-state index in [2.05, 4.69) is 15.5 Å². The van der Waals surface area contributed by atoms with Crippen molar-refractivity contribution in [1.29, 1.82) is 0 Å². The van der Waals surface area contributed by atoms with Crippen molar-refractivity contribution in [2.24, 2.45) is 0 Å². The lowest BCUT2D eigenvalue weighted by Crippen LogP contribution is -2.23. The summed E-state index contributed by atoms with van der Waals surface area (Å²) < 4.78 is 5.18. The number of aryl methyl sites for hydroxylation is 2. The van der Waals surface area contributed by atoms with Crippen LogP contribution in [0, 0.1) is 13.8 Å². The summed E-state index contributed by atoms with van der Waals surface area (Å²) in [5.74, 6) is 0.638. The van der Waals surface area contributed by atoms with Crippen molar-refractivity contribution in [1.82, 2.24) is 15.5 Å². The van der Waals surface area contributed by atoms with Gasteiger partial charge in [0, 0.05) is 16.1 Å². The number of hydrogen-bond donors (Lipinski definition) is 1. The standard InChI is InChI=1S/C18H16ClN3O2/c1-11-3-8-15(12(2)9-11)18(23)20-10-16-21-17(22-24-16)13-4-6-14(19)7-5-13/h3-9H,10H2,1-2H3,(H,20,23). The Morgan fingerprint density at radius 3 is 2.62 bits per heavy atom. The predicted octanol–water partition coefficient (Wildman–Crippen LogP) is 3.94. The Bertz CT molecular complexity index is 872. The third-order valence-corrected chi connectivity index (χ3v) is 3.85. The average molecular weight is 342 g/mol. The minimum atomic E-state index is -0.168. The first-order valence-corrected chi connectivity index (χ1v) is 7.85. The zero-order chi connectivity index (χ0) is 17.1. The van der Waals surface area contributed by atoms with Gasteiger partial charge in [-0.2, -0.15) is 4.98 Å². The molecule has 3 rings (SSSR count). The van der Waals surface area contributed by atoms with Gasteiger partial charge in [-0.05, 0) is 49.7 Å². The van der Waals surface area contributed by atoms with Gasteiger partial charge in [-0.15, -0.1) is 0 Å². The summed E-state index contributed by atoms with van der Waals surface area (Å²) in [6.07, 6.45) is 0. The quantitative estimate of drug-likeness (QED) is 0.780. The summed E-state index contributed by atoms with van der Waals surface area (Å²) in [6, 6.07) is 12.8. The van der Waals surface area contributed by atoms with Gasteiger partial charge in [-0.3, -0.25) is 4.79 Å². The SMILES string of the molecule is Cc1ccc(C(=O)NCc2nc(-c3ccc(Cl)cc3)no2)c(C)c1. The van der Waals surface area contributed by atoms with E-state index < -0.39 is 0 Å². The van der Waals surface area contributed by atoms with Crippen molar-refractivity contribution in [2.45, 2.75) is 20.4 Å². The van der Waals surface area contributed by atoms with Crippen molar-refractivity contribution in [3.8, 4) is 11.4 Å². The van der Waals surface area contributed by atoms with Gasteiger partial charge >= 0.3 is 0 Å². The van der Waals surface area contributed by atoms with E-state index in [1.807, 2.05) is 44.2 Å². The summed E-state index contributed by atoms with van der Waals surface area (Å²) in [5.41, 5.74) is 3.49. The number of amides is 1. The average Bonchev–Trinajstić information content (AvgIpc) is 3.02. The predicted molar refractivity (Wildman–Crippen MR) is 91.8 cm³/mol. The highest BCUT2D eigenvalue weighted by molar-refractivity contribution is 6.30. The monoisotopic (exact) mass is 341 g/mol. The second kappa shape index (κ2) is 6.84. The van der Waals surface area contributed by atoms with Crippen LogP contribution in [0.1, 0.15) is 27.4 Å². The van der Waals surface area contributed by atoms with Crippen molar-refractivity contribution in [3.63, 3.8) is 0 Å². The van der Waals surface area contributed by atoms with Crippen LogP contribution in [0.15, 0.2) is 47.0 Å². The first-order chi connectivity index (χ1) is 11.5. The lowest BCUT2D eigenvalue weighted by molar-refractivity contribution is 0.0945. The Morgan fingerprint density at radius 2 is 1.92 bits per heavy atom. The molecular weight excluding hydrogens is 326 g/mol. The molecular formula is C18H16ClN3O2. The van der Waals surface area contributed by atoms with Gasteiger partial charge in [0.25, 0.3) is 5.91 Å². The first-order valence-electron chi connectivity index (χ1n) is 7.47. The number of rotatable bonds is 4. The summed E-state index contributed by atoms with van der Waals surface area (Å²) >= 11 is 5.86. The van der Waals surface area contributed by atoms with Crippen molar-refractivity contribution in [2.75, 3.05) is 0 Å². The summed E-state index contributed by atoms with van der Waals surface area (Å²) in [4.78, 5) is 16.5. The molecule has 0 bridgehead atoms. The molecule has 0 radical (unpaired) electrons. The number of carbonyl (C=O) groups excluding carboxylic acids is 1. The van der Waals surface area contributed by atoms with E-state index in [4.69, 9.17) is 16.1 Å². The zero-order valence-electron chi connectivity index (χ0n) is 13.3. The molecule has 1 N–H and O–H groups in total. The molecule has 2 aromatic carbocycles. The Morgan fingerprint density at radius 1 is 1.17 bits per heavy atom. The highest BCUT2D eigenvalue weighted by Crippen LogP contribution is 2.18. The number of hydrogen-bond acceptors (Lipinski definition) is 4. The molecule has 0 aliphatic carbocycles. The van der Waals surface area contributed by atoms with Gasteiger partial charge < -0.3 is 9.84 Å². The van der Waals surface area contributed by atoms with E-state index in [1.165, 1.54) is 0 Å². The summed E-state index contributed by atoms with van der Waals surface area (Å²) in [7, 11) is 0. The van der Waals surface area contributed by atoms with Crippen LogP contribution in [-0.4, -0.2) is 16.0 Å². The Labute approximate surface area is 144 Å². The fourth-order valence-corrected chi connectivity index (χ4v) is 2.49. The second-order valence-corrected chi connectivity index (χ2v) is 5.96. The van der Waals surface area contributed by atoms with Crippen LogP contribution in [0.3, 0.4) is 0 Å². The summed E-state index contributed by atoms with van der Waals surface area (Å²) in [5, 5.41) is 7.35. The van der Waals surface area contributed by atoms with Crippen molar-refractivity contribution >= 4 is 17.5 Å². The van der Waals surface area contributed by atoms with Crippen LogP contribution in [0.5, 0.6) is 0 Å². The highest BCUT2D eigenvalue weighted by atomic mass is 35.5. The van der Waals surface area contributed by atoms with Crippen LogP contribution in [0.25, 0.3) is 11.4 Å². The van der Waals surface area contributed by atoms with Crippen LogP contribution in [0.2, 0.25) is 5.02 Å². The zero-order valence-corrected chi connectivity index (χ0v) is 14.1. The van der Waals surface area contributed by atoms with Crippen LogP contribution in [-0.2, 0) is 6.54 Å². The van der Waals surface area contributed by atoms with E-state index >= 15 is 0 Å². The molecule has 0 unspecified atom stereocenters. The molecule has 0 aliphatic heterocycles. The van der Waals surface area contributed by atoms with E-state index in [9.17, 15) is 4.79 Å². The topological polar surface area (TPSA) is 68.0 Å². The molecule has 1 heterocycles. The number of nitrogens with zero attached hydrogens (tertiary/aromatic N) is 2. The molecule has 1 aromatic heterocycles. The normalized spacial score (nSPS) is 10.6. The minimum Gasteiger partial charge on any atom is -0.343 e. The number of aromatic nitrogens is 2. The second-order valence-electron chi connectivity index (χ2n) is 5.52. The molecule has 0 saturated carbocycles. The third-order valence-electron chi connectivity index (χ3n) is 3.60. The van der Waals surface area contributed by atoms with Crippen LogP contribution < -0.4 is 5.32 Å². The molecule has 122 valence electrons. The van der Waals surface area contributed by atoms with E-state index in [0.717, 1.165) is 16.7 Å². The molecule has 1 amide bonds. The number of nitrogens with one attached hydrogen (secondary N) is 1. The van der Waals surface area contributed by atoms with Gasteiger partial charge in [0.15, 0.2) is 0 Å². The summed E-state index contributed by atoms with van der Waals surface area (Å²) in [6.45, 7) is 4.07. The Kier molecular flexibility index (Phi) is 4.62. The van der Waals surface area contributed by atoms with Gasteiger partial charge in [0.1, 0.15) is 0 Å². The number of halogens is 1. The highest BCUT2D eigenvalue weighted by Gasteiger charge is 2.12. The number of carbonyl (C=O) groups is 1. The Balaban J connectivity index is 1.67. The van der Waals surface area contributed by atoms with Gasteiger partial charge in [-0.1, -0.05) is 34.5 Å². The molecule has 0 saturated heterocycles. The number of benzene rings is 2. The minimum absolute atomic E-state index is 0.168.